The van der Waals surface area contributed by atoms with Gasteiger partial charge in [-0.2, -0.15) is 4.31 Å². The van der Waals surface area contributed by atoms with Crippen molar-refractivity contribution < 1.29 is 18.1 Å². The van der Waals surface area contributed by atoms with E-state index >= 15 is 0 Å². The highest BCUT2D eigenvalue weighted by Gasteiger charge is 2.31. The smallest absolute Gasteiger partial charge is 0.269 e. The maximum atomic E-state index is 13.5. The van der Waals surface area contributed by atoms with Crippen molar-refractivity contribution in [1.29, 1.82) is 0 Å². The van der Waals surface area contributed by atoms with Crippen LogP contribution >= 0.6 is 0 Å². The van der Waals surface area contributed by atoms with Crippen molar-refractivity contribution in [3.63, 3.8) is 0 Å². The molecule has 3 aromatic carbocycles. The van der Waals surface area contributed by atoms with Crippen LogP contribution in [0.2, 0.25) is 0 Å². The first-order chi connectivity index (χ1) is 21.2. The van der Waals surface area contributed by atoms with Crippen molar-refractivity contribution in [1.82, 2.24) is 18.6 Å². The molecule has 2 aromatic heterocycles. The van der Waals surface area contributed by atoms with Crippen LogP contribution in [-0.4, -0.2) is 65.2 Å². The Morgan fingerprint density at radius 1 is 0.909 bits per heavy atom. The second-order valence-electron chi connectivity index (χ2n) is 11.0. The number of aryl methyl sites for hydroxylation is 2. The number of rotatable bonds is 8. The van der Waals surface area contributed by atoms with Gasteiger partial charge < -0.3 is 9.14 Å². The van der Waals surface area contributed by atoms with Gasteiger partial charge in [-0.15, -0.1) is 0 Å². The molecule has 0 saturated carbocycles. The van der Waals surface area contributed by atoms with Crippen LogP contribution in [0.25, 0.3) is 28.0 Å². The molecule has 0 aliphatic carbocycles. The Balaban J connectivity index is 1.34. The van der Waals surface area contributed by atoms with Crippen LogP contribution in [0, 0.1) is 24.0 Å². The number of methoxy groups -OCH3 is 1. The van der Waals surface area contributed by atoms with Crippen molar-refractivity contribution in [2.45, 2.75) is 25.3 Å². The molecular formula is C33H33N5O5S. The van der Waals surface area contributed by atoms with Crippen molar-refractivity contribution >= 4 is 21.4 Å². The lowest BCUT2D eigenvalue weighted by molar-refractivity contribution is -0.384. The first-order valence-corrected chi connectivity index (χ1v) is 15.8. The molecule has 10 nitrogen and oxygen atoms in total. The third-order valence-corrected chi connectivity index (χ3v) is 10.1. The second kappa shape index (κ2) is 11.8. The fraction of sp³-hybridized carbons (Fsp3) is 0.242. The van der Waals surface area contributed by atoms with Gasteiger partial charge in [-0.25, -0.2) is 13.4 Å². The Labute approximate surface area is 256 Å². The number of non-ortho nitro benzene ring substituents is 1. The molecule has 6 rings (SSSR count). The molecule has 0 unspecified atom stereocenters. The van der Waals surface area contributed by atoms with Gasteiger partial charge in [0.1, 0.15) is 16.3 Å². The van der Waals surface area contributed by atoms with Crippen LogP contribution in [0.3, 0.4) is 0 Å². The van der Waals surface area contributed by atoms with Crippen LogP contribution < -0.4 is 4.74 Å². The molecule has 1 aliphatic rings. The van der Waals surface area contributed by atoms with Gasteiger partial charge in [-0.1, -0.05) is 35.9 Å². The van der Waals surface area contributed by atoms with Crippen molar-refractivity contribution in [2.75, 3.05) is 33.3 Å². The number of pyridine rings is 1. The van der Waals surface area contributed by atoms with Gasteiger partial charge in [0.05, 0.1) is 23.4 Å². The van der Waals surface area contributed by atoms with Gasteiger partial charge in [0.15, 0.2) is 0 Å². The number of nitrogens with zero attached hydrogens (tertiary/aromatic N) is 5. The molecule has 1 fully saturated rings. The minimum Gasteiger partial charge on any atom is -0.495 e. The number of sulfonamides is 1. The van der Waals surface area contributed by atoms with Crippen LogP contribution in [0.15, 0.2) is 90.0 Å². The number of benzene rings is 3. The topological polar surface area (TPSA) is 110 Å². The average Bonchev–Trinajstić information content (AvgIpc) is 3.39. The van der Waals surface area contributed by atoms with Crippen LogP contribution in [0.1, 0.15) is 16.8 Å². The van der Waals surface area contributed by atoms with Gasteiger partial charge >= 0.3 is 0 Å². The summed E-state index contributed by atoms with van der Waals surface area (Å²) in [5, 5.41) is 11.3. The van der Waals surface area contributed by atoms with E-state index < -0.39 is 14.9 Å². The molecule has 1 saturated heterocycles. The second-order valence-corrected chi connectivity index (χ2v) is 12.9. The van der Waals surface area contributed by atoms with E-state index in [2.05, 4.69) is 53.6 Å². The normalized spacial score (nSPS) is 14.6. The number of hydrogen-bond donors (Lipinski definition) is 0. The molecule has 5 aromatic rings. The molecule has 0 atom stereocenters. The summed E-state index contributed by atoms with van der Waals surface area (Å²) in [6.45, 7) is 6.40. The monoisotopic (exact) mass is 611 g/mol. The minimum atomic E-state index is -3.72. The Bertz CT molecular complexity index is 1960. The lowest BCUT2D eigenvalue weighted by Gasteiger charge is -2.34. The maximum Gasteiger partial charge on any atom is 0.269 e. The van der Waals surface area contributed by atoms with Crippen LogP contribution in [-0.2, 0) is 16.6 Å². The summed E-state index contributed by atoms with van der Waals surface area (Å²) in [5.74, 6) is 0.327. The van der Waals surface area contributed by atoms with E-state index in [-0.39, 0.29) is 10.6 Å². The Kier molecular flexibility index (Phi) is 7.93. The molecule has 0 N–H and O–H groups in total. The van der Waals surface area contributed by atoms with E-state index in [4.69, 9.17) is 9.72 Å². The minimum absolute atomic E-state index is 0.0173. The number of fused-ring (bicyclic) bond motifs is 1. The highest BCUT2D eigenvalue weighted by Crippen LogP contribution is 2.32. The zero-order valence-corrected chi connectivity index (χ0v) is 25.6. The quantitative estimate of drug-likeness (QED) is 0.163. The largest absolute Gasteiger partial charge is 0.495 e. The van der Waals surface area contributed by atoms with E-state index in [1.54, 1.807) is 36.4 Å². The third-order valence-electron chi connectivity index (χ3n) is 8.16. The molecule has 1 aliphatic heterocycles. The number of aromatic nitrogens is 2. The van der Waals surface area contributed by atoms with E-state index in [1.165, 1.54) is 34.7 Å². The summed E-state index contributed by atoms with van der Waals surface area (Å²) in [4.78, 5) is 18.2. The van der Waals surface area contributed by atoms with E-state index in [0.717, 1.165) is 33.7 Å². The third kappa shape index (κ3) is 5.57. The molecule has 0 spiro atoms. The summed E-state index contributed by atoms with van der Waals surface area (Å²) >= 11 is 0. The summed E-state index contributed by atoms with van der Waals surface area (Å²) in [5.41, 5.74) is 7.76. The lowest BCUT2D eigenvalue weighted by Crippen LogP contribution is -2.48. The molecule has 11 heteroatoms. The first-order valence-electron chi connectivity index (χ1n) is 14.3. The van der Waals surface area contributed by atoms with Crippen molar-refractivity contribution in [3.05, 3.63) is 112 Å². The molecular weight excluding hydrogens is 578 g/mol. The number of piperazine rings is 1. The summed E-state index contributed by atoms with van der Waals surface area (Å²) in [6.07, 6.45) is 2.09. The van der Waals surface area contributed by atoms with Crippen molar-refractivity contribution in [2.24, 2.45) is 0 Å². The van der Waals surface area contributed by atoms with Crippen LogP contribution in [0.5, 0.6) is 5.75 Å². The highest BCUT2D eigenvalue weighted by atomic mass is 32.2. The van der Waals surface area contributed by atoms with Crippen LogP contribution in [0.4, 0.5) is 5.69 Å². The molecule has 3 heterocycles. The first kappa shape index (κ1) is 29.5. The maximum absolute atomic E-state index is 13.5. The Hall–Kier alpha value is -4.58. The predicted molar refractivity (Wildman–Crippen MR) is 169 cm³/mol. The lowest BCUT2D eigenvalue weighted by atomic mass is 10.00. The zero-order chi connectivity index (χ0) is 31.0. The summed E-state index contributed by atoms with van der Waals surface area (Å²) in [6, 6.07) is 23.6. The molecule has 44 heavy (non-hydrogen) atoms. The Morgan fingerprint density at radius 3 is 2.32 bits per heavy atom. The van der Waals surface area contributed by atoms with Crippen molar-refractivity contribution in [3.8, 4) is 28.1 Å². The van der Waals surface area contributed by atoms with Gasteiger partial charge in [0.2, 0.25) is 10.0 Å². The summed E-state index contributed by atoms with van der Waals surface area (Å²) < 4.78 is 35.9. The van der Waals surface area contributed by atoms with Gasteiger partial charge in [-0.3, -0.25) is 15.0 Å². The SMILES string of the molecule is COc1ccccc1S(=O)(=O)N1CCN(Cc2c(-c3ccc([N+](=O)[O-])cc3)nc3ccc(-c4cc(C)ccc4C)cn23)CC1. The number of ether oxygens (including phenoxy) is 1. The highest BCUT2D eigenvalue weighted by molar-refractivity contribution is 7.89. The average molecular weight is 612 g/mol. The number of imidazole rings is 1. The molecule has 226 valence electrons. The number of hydrogen-bond acceptors (Lipinski definition) is 7. The predicted octanol–water partition coefficient (Wildman–Crippen LogP) is 5.71. The van der Waals surface area contributed by atoms with E-state index in [1.807, 2.05) is 6.07 Å². The fourth-order valence-electron chi connectivity index (χ4n) is 5.73. The van der Waals surface area contributed by atoms with Gasteiger partial charge in [0.25, 0.3) is 5.69 Å². The molecule has 0 bridgehead atoms. The van der Waals surface area contributed by atoms with E-state index in [9.17, 15) is 18.5 Å². The number of nitro benzene ring substituents is 1. The molecule has 0 amide bonds. The fourth-order valence-corrected chi connectivity index (χ4v) is 7.31. The summed E-state index contributed by atoms with van der Waals surface area (Å²) in [7, 11) is -2.25. The van der Waals surface area contributed by atoms with E-state index in [0.29, 0.717) is 38.5 Å². The number of nitro groups is 1. The molecule has 0 radical (unpaired) electrons. The Morgan fingerprint density at radius 2 is 1.61 bits per heavy atom. The number of para-hydroxylation sites is 1. The van der Waals surface area contributed by atoms with Gasteiger partial charge in [0, 0.05) is 56.6 Å². The zero-order valence-electron chi connectivity index (χ0n) is 24.8. The standard InChI is InChI=1S/C33H33N5O5S/c1-23-8-9-24(2)28(20-23)26-12-15-32-34-33(25-10-13-27(14-11-25)38(39)40)29(37(32)21-26)22-35-16-18-36(19-17-35)44(41,42)31-7-5-4-6-30(31)43-3/h4-15,20-21H,16-19,22H2,1-3H3. The van der Waals surface area contributed by atoms with Gasteiger partial charge in [-0.05, 0) is 66.9 Å².